The number of benzene rings is 3. The van der Waals surface area contributed by atoms with E-state index < -0.39 is 10.0 Å². The zero-order valence-electron chi connectivity index (χ0n) is 19.5. The maximum absolute atomic E-state index is 13.1. The topological polar surface area (TPSA) is 84.4 Å². The summed E-state index contributed by atoms with van der Waals surface area (Å²) in [5.74, 6) is 0.515. The van der Waals surface area contributed by atoms with Crippen molar-refractivity contribution in [1.29, 1.82) is 0 Å². The quantitative estimate of drug-likeness (QED) is 0.363. The van der Waals surface area contributed by atoms with Gasteiger partial charge in [-0.25, -0.2) is 18.4 Å². The normalized spacial score (nSPS) is 11.5. The van der Waals surface area contributed by atoms with Crippen LogP contribution in [0.2, 0.25) is 0 Å². The van der Waals surface area contributed by atoms with Gasteiger partial charge in [-0.2, -0.15) is 0 Å². The van der Waals surface area contributed by atoms with Crippen molar-refractivity contribution in [2.75, 3.05) is 29.8 Å². The van der Waals surface area contributed by atoms with Gasteiger partial charge in [-0.1, -0.05) is 56.3 Å². The highest BCUT2D eigenvalue weighted by molar-refractivity contribution is 7.92. The van der Waals surface area contributed by atoms with Gasteiger partial charge in [0.15, 0.2) is 0 Å². The Balaban J connectivity index is 1.57. The lowest BCUT2D eigenvalue weighted by atomic mass is 10.0. The molecule has 4 rings (SSSR count). The van der Waals surface area contributed by atoms with E-state index in [2.05, 4.69) is 33.4 Å². The molecule has 0 bridgehead atoms. The average molecular weight is 477 g/mol. The number of hydrogen-bond donors (Lipinski definition) is 1. The number of likely N-dealkylation sites (N-methyl/N-ethyl adjacent to an activating group) is 1. The lowest BCUT2D eigenvalue weighted by Gasteiger charge is -2.20. The monoisotopic (exact) mass is 476 g/mol. The Morgan fingerprint density at radius 3 is 2.15 bits per heavy atom. The number of nitrogens with zero attached hydrogens (tertiary/aromatic N) is 3. The molecular weight excluding hydrogens is 448 g/mol. The second-order valence-corrected chi connectivity index (χ2v) is 9.98. The molecule has 1 heterocycles. The Morgan fingerprint density at radius 1 is 0.882 bits per heavy atom. The van der Waals surface area contributed by atoms with Crippen molar-refractivity contribution in [3.8, 4) is 5.88 Å². The molecule has 0 spiro atoms. The number of rotatable bonds is 9. The summed E-state index contributed by atoms with van der Waals surface area (Å²) in [5, 5.41) is 0. The first-order chi connectivity index (χ1) is 16.3. The predicted octanol–water partition coefficient (Wildman–Crippen LogP) is 5.07. The van der Waals surface area contributed by atoms with Crippen molar-refractivity contribution >= 4 is 32.6 Å². The van der Waals surface area contributed by atoms with E-state index in [1.54, 1.807) is 18.2 Å². The first-order valence-corrected chi connectivity index (χ1v) is 12.6. The molecule has 4 aromatic rings. The van der Waals surface area contributed by atoms with Crippen LogP contribution in [0.25, 0.3) is 11.0 Å². The van der Waals surface area contributed by atoms with Gasteiger partial charge in [-0.15, -0.1) is 0 Å². The number of hydrogen-bond acceptors (Lipinski definition) is 6. The predicted molar refractivity (Wildman–Crippen MR) is 136 cm³/mol. The molecule has 1 aromatic heterocycles. The van der Waals surface area contributed by atoms with Crippen LogP contribution in [-0.2, 0) is 10.0 Å². The molecular formula is C26H28N4O3S. The minimum atomic E-state index is -3.87. The largest absolute Gasteiger partial charge is 0.473 e. The molecule has 0 aliphatic rings. The first-order valence-electron chi connectivity index (χ1n) is 11.1. The summed E-state index contributed by atoms with van der Waals surface area (Å²) >= 11 is 0. The summed E-state index contributed by atoms with van der Waals surface area (Å²) < 4.78 is 34.7. The van der Waals surface area contributed by atoms with Crippen LogP contribution in [0.5, 0.6) is 5.88 Å². The van der Waals surface area contributed by atoms with E-state index >= 15 is 0 Å². The van der Waals surface area contributed by atoms with Gasteiger partial charge < -0.3 is 9.64 Å². The van der Waals surface area contributed by atoms with Crippen molar-refractivity contribution in [2.24, 2.45) is 0 Å². The molecule has 0 aliphatic carbocycles. The van der Waals surface area contributed by atoms with Gasteiger partial charge in [-0.05, 0) is 47.9 Å². The Hall–Kier alpha value is -3.65. The second-order valence-electron chi connectivity index (χ2n) is 8.30. The Bertz CT molecular complexity index is 1360. The molecule has 176 valence electrons. The molecule has 7 nitrogen and oxygen atoms in total. The van der Waals surface area contributed by atoms with Crippen LogP contribution >= 0.6 is 0 Å². The third-order valence-electron chi connectivity index (χ3n) is 5.49. The maximum Gasteiger partial charge on any atom is 0.263 e. The Labute approximate surface area is 200 Å². The molecule has 0 unspecified atom stereocenters. The fourth-order valence-electron chi connectivity index (χ4n) is 3.46. The Morgan fingerprint density at radius 2 is 1.50 bits per heavy atom. The van der Waals surface area contributed by atoms with E-state index in [1.807, 2.05) is 67.7 Å². The summed E-state index contributed by atoms with van der Waals surface area (Å²) in [5.41, 5.74) is 3.32. The maximum atomic E-state index is 13.1. The molecule has 34 heavy (non-hydrogen) atoms. The third-order valence-corrected chi connectivity index (χ3v) is 6.84. The van der Waals surface area contributed by atoms with Crippen molar-refractivity contribution in [3.05, 3.63) is 84.4 Å². The van der Waals surface area contributed by atoms with Crippen molar-refractivity contribution in [1.82, 2.24) is 9.97 Å². The molecule has 0 saturated heterocycles. The van der Waals surface area contributed by atoms with Gasteiger partial charge in [0.05, 0.1) is 22.5 Å². The van der Waals surface area contributed by atoms with Crippen molar-refractivity contribution in [3.63, 3.8) is 0 Å². The number of nitrogens with one attached hydrogen (secondary N) is 1. The number of sulfonamides is 1. The van der Waals surface area contributed by atoms with Crippen LogP contribution in [-0.4, -0.2) is 38.6 Å². The zero-order valence-corrected chi connectivity index (χ0v) is 20.3. The van der Waals surface area contributed by atoms with Gasteiger partial charge in [0, 0.05) is 12.7 Å². The highest BCUT2D eigenvalue weighted by atomic mass is 32.2. The van der Waals surface area contributed by atoms with Gasteiger partial charge >= 0.3 is 0 Å². The van der Waals surface area contributed by atoms with E-state index in [0.717, 1.165) is 11.3 Å². The van der Waals surface area contributed by atoms with Gasteiger partial charge in [0.25, 0.3) is 15.9 Å². The van der Waals surface area contributed by atoms with Crippen LogP contribution in [0.15, 0.2) is 83.8 Å². The smallest absolute Gasteiger partial charge is 0.263 e. The van der Waals surface area contributed by atoms with E-state index in [0.29, 0.717) is 30.1 Å². The van der Waals surface area contributed by atoms with E-state index in [1.165, 1.54) is 0 Å². The summed E-state index contributed by atoms with van der Waals surface area (Å²) in [6.07, 6.45) is 0. The van der Waals surface area contributed by atoms with Crippen LogP contribution in [0.3, 0.4) is 0 Å². The van der Waals surface area contributed by atoms with Crippen LogP contribution in [0.4, 0.5) is 11.5 Å². The van der Waals surface area contributed by atoms with Crippen molar-refractivity contribution in [2.45, 2.75) is 24.7 Å². The number of aromatic nitrogens is 2. The molecule has 8 heteroatoms. The lowest BCUT2D eigenvalue weighted by Crippen LogP contribution is -2.24. The summed E-state index contributed by atoms with van der Waals surface area (Å²) in [6.45, 7) is 5.01. The zero-order chi connectivity index (χ0) is 24.1. The van der Waals surface area contributed by atoms with Crippen molar-refractivity contribution < 1.29 is 13.2 Å². The SMILES string of the molecule is CC(C)c1ccc(S(=O)(=O)Nc2nc3ccccc3nc2OCCN(C)c2ccccc2)cc1. The Kier molecular flexibility index (Phi) is 6.98. The van der Waals surface area contributed by atoms with Gasteiger partial charge in [0.2, 0.25) is 5.82 Å². The summed E-state index contributed by atoms with van der Waals surface area (Å²) in [7, 11) is -1.91. The minimum absolute atomic E-state index is 0.0639. The van der Waals surface area contributed by atoms with Crippen LogP contribution in [0.1, 0.15) is 25.3 Å². The molecule has 0 fully saturated rings. The molecule has 0 amide bonds. The average Bonchev–Trinajstić information content (AvgIpc) is 2.84. The van der Waals surface area contributed by atoms with Crippen LogP contribution in [0, 0.1) is 0 Å². The fourth-order valence-corrected chi connectivity index (χ4v) is 4.46. The fraction of sp³-hybridized carbons (Fsp3) is 0.231. The first kappa shape index (κ1) is 23.5. The van der Waals surface area contributed by atoms with Crippen LogP contribution < -0.4 is 14.4 Å². The molecule has 0 saturated carbocycles. The molecule has 0 radical (unpaired) electrons. The minimum Gasteiger partial charge on any atom is -0.473 e. The molecule has 3 aromatic carbocycles. The van der Waals surface area contributed by atoms with Gasteiger partial charge in [0.1, 0.15) is 6.61 Å². The highest BCUT2D eigenvalue weighted by Crippen LogP contribution is 2.27. The summed E-state index contributed by atoms with van der Waals surface area (Å²) in [6, 6.07) is 24.1. The number of ether oxygens (including phenoxy) is 1. The standard InChI is InChI=1S/C26H28N4O3S/c1-19(2)20-13-15-22(16-14-20)34(31,32)29-25-26(28-24-12-8-7-11-23(24)27-25)33-18-17-30(3)21-9-5-4-6-10-21/h4-16,19H,17-18H2,1-3H3,(H,27,29). The third kappa shape index (κ3) is 5.46. The van der Waals surface area contributed by atoms with E-state index in [9.17, 15) is 8.42 Å². The highest BCUT2D eigenvalue weighted by Gasteiger charge is 2.20. The molecule has 0 aliphatic heterocycles. The molecule has 0 atom stereocenters. The van der Waals surface area contributed by atoms with E-state index in [-0.39, 0.29) is 16.6 Å². The number of para-hydroxylation sites is 3. The second kappa shape index (κ2) is 10.1. The number of fused-ring (bicyclic) bond motifs is 1. The molecule has 1 N–H and O–H groups in total. The van der Waals surface area contributed by atoms with Gasteiger partial charge in [-0.3, -0.25) is 4.72 Å². The lowest BCUT2D eigenvalue weighted by molar-refractivity contribution is 0.315. The summed E-state index contributed by atoms with van der Waals surface area (Å²) in [4.78, 5) is 11.2. The van der Waals surface area contributed by atoms with E-state index in [4.69, 9.17) is 4.74 Å². The number of anilines is 2.